The number of aliphatic carboxylic acids is 1. The van der Waals surface area contributed by atoms with Crippen molar-refractivity contribution in [3.05, 3.63) is 0 Å². The van der Waals surface area contributed by atoms with Crippen molar-refractivity contribution in [3.8, 4) is 0 Å². The summed E-state index contributed by atoms with van der Waals surface area (Å²) in [6.45, 7) is 7.87. The lowest BCUT2D eigenvalue weighted by molar-refractivity contribution is -0.142. The number of rotatable bonds is 6. The van der Waals surface area contributed by atoms with Gasteiger partial charge in [-0.05, 0) is 25.8 Å². The van der Waals surface area contributed by atoms with Crippen molar-refractivity contribution in [1.29, 1.82) is 0 Å². The van der Waals surface area contributed by atoms with Crippen LogP contribution in [0.5, 0.6) is 0 Å². The topological polar surface area (TPSA) is 78.4 Å². The first-order chi connectivity index (χ1) is 7.67. The summed E-state index contributed by atoms with van der Waals surface area (Å²) in [6.07, 6.45) is 0.538. The summed E-state index contributed by atoms with van der Waals surface area (Å²) in [5.41, 5.74) is -0.0671. The van der Waals surface area contributed by atoms with Crippen LogP contribution in [-0.2, 0) is 9.59 Å². The third-order valence-electron chi connectivity index (χ3n) is 2.56. The van der Waals surface area contributed by atoms with E-state index in [0.717, 1.165) is 0 Å². The van der Waals surface area contributed by atoms with E-state index < -0.39 is 11.9 Å². The molecule has 0 spiro atoms. The third-order valence-corrected chi connectivity index (χ3v) is 2.56. The van der Waals surface area contributed by atoms with Crippen LogP contribution in [0, 0.1) is 11.3 Å². The Morgan fingerprint density at radius 3 is 2.18 bits per heavy atom. The first kappa shape index (κ1) is 15.9. The Bertz CT molecular complexity index is 271. The maximum Gasteiger partial charge on any atom is 0.308 e. The number of nitrogens with one attached hydrogen (secondary N) is 2. The number of carboxylic acid groups (broad SMARTS) is 1. The number of carbonyl (C=O) groups excluding carboxylic acids is 1. The van der Waals surface area contributed by atoms with E-state index in [-0.39, 0.29) is 23.9 Å². The van der Waals surface area contributed by atoms with Crippen molar-refractivity contribution < 1.29 is 14.7 Å². The molecule has 0 bridgehead atoms. The minimum atomic E-state index is -0.864. The molecule has 1 amide bonds. The molecule has 5 nitrogen and oxygen atoms in total. The van der Waals surface area contributed by atoms with E-state index in [0.29, 0.717) is 6.42 Å². The number of amides is 1. The van der Waals surface area contributed by atoms with E-state index in [4.69, 9.17) is 5.11 Å². The molecular formula is C12H24N2O3. The normalized spacial score (nSPS) is 15.1. The summed E-state index contributed by atoms with van der Waals surface area (Å²) in [7, 11) is 1.69. The average molecular weight is 244 g/mol. The van der Waals surface area contributed by atoms with Gasteiger partial charge in [0.05, 0.1) is 12.0 Å². The van der Waals surface area contributed by atoms with Crippen molar-refractivity contribution in [3.63, 3.8) is 0 Å². The molecule has 2 unspecified atom stereocenters. The highest BCUT2D eigenvalue weighted by molar-refractivity contribution is 5.82. The highest BCUT2D eigenvalue weighted by Crippen LogP contribution is 2.24. The SMILES string of the molecule is CNC(C)C(=O)NCC(CC(C)(C)C)C(=O)O. The van der Waals surface area contributed by atoms with Crippen LogP contribution >= 0.6 is 0 Å². The second kappa shape index (κ2) is 6.59. The molecule has 3 N–H and O–H groups in total. The fourth-order valence-corrected chi connectivity index (χ4v) is 1.49. The van der Waals surface area contributed by atoms with Gasteiger partial charge in [-0.1, -0.05) is 20.8 Å². The van der Waals surface area contributed by atoms with Crippen LogP contribution in [0.15, 0.2) is 0 Å². The number of likely N-dealkylation sites (N-methyl/N-ethyl adjacent to an activating group) is 1. The van der Waals surface area contributed by atoms with Crippen molar-refractivity contribution in [2.24, 2.45) is 11.3 Å². The van der Waals surface area contributed by atoms with Gasteiger partial charge in [0.15, 0.2) is 0 Å². The molecule has 0 aliphatic carbocycles. The highest BCUT2D eigenvalue weighted by atomic mass is 16.4. The fraction of sp³-hybridized carbons (Fsp3) is 0.833. The Kier molecular flexibility index (Phi) is 6.16. The third kappa shape index (κ3) is 6.94. The van der Waals surface area contributed by atoms with Gasteiger partial charge < -0.3 is 15.7 Å². The maximum absolute atomic E-state index is 11.5. The fourth-order valence-electron chi connectivity index (χ4n) is 1.49. The second-order valence-electron chi connectivity index (χ2n) is 5.56. The first-order valence-corrected chi connectivity index (χ1v) is 5.85. The highest BCUT2D eigenvalue weighted by Gasteiger charge is 2.25. The molecule has 5 heteroatoms. The zero-order chi connectivity index (χ0) is 13.6. The number of carbonyl (C=O) groups is 2. The molecule has 0 aliphatic heterocycles. The van der Waals surface area contributed by atoms with E-state index in [1.807, 2.05) is 20.8 Å². The van der Waals surface area contributed by atoms with E-state index in [9.17, 15) is 9.59 Å². The predicted molar refractivity (Wildman–Crippen MR) is 66.7 cm³/mol. The summed E-state index contributed by atoms with van der Waals surface area (Å²) >= 11 is 0. The lowest BCUT2D eigenvalue weighted by Crippen LogP contribution is -2.43. The molecule has 0 aromatic heterocycles. The van der Waals surface area contributed by atoms with Gasteiger partial charge in [-0.25, -0.2) is 0 Å². The lowest BCUT2D eigenvalue weighted by atomic mass is 9.84. The summed E-state index contributed by atoms with van der Waals surface area (Å²) in [6, 6.07) is -0.306. The standard InChI is InChI=1S/C12H24N2O3/c1-8(13-5)10(15)14-7-9(11(16)17)6-12(2,3)4/h8-9,13H,6-7H2,1-5H3,(H,14,15)(H,16,17). The zero-order valence-corrected chi connectivity index (χ0v) is 11.3. The Morgan fingerprint density at radius 2 is 1.82 bits per heavy atom. The predicted octanol–water partition coefficient (Wildman–Crippen LogP) is 0.847. The van der Waals surface area contributed by atoms with Gasteiger partial charge in [-0.15, -0.1) is 0 Å². The van der Waals surface area contributed by atoms with Crippen LogP contribution in [0.2, 0.25) is 0 Å². The van der Waals surface area contributed by atoms with Gasteiger partial charge in [0.25, 0.3) is 0 Å². The first-order valence-electron chi connectivity index (χ1n) is 5.85. The van der Waals surface area contributed by atoms with E-state index >= 15 is 0 Å². The quantitative estimate of drug-likeness (QED) is 0.647. The van der Waals surface area contributed by atoms with E-state index in [1.165, 1.54) is 0 Å². The van der Waals surface area contributed by atoms with Crippen molar-refractivity contribution in [2.75, 3.05) is 13.6 Å². The van der Waals surface area contributed by atoms with Crippen LogP contribution < -0.4 is 10.6 Å². The van der Waals surface area contributed by atoms with Crippen LogP contribution in [0.3, 0.4) is 0 Å². The van der Waals surface area contributed by atoms with E-state index in [1.54, 1.807) is 14.0 Å². The van der Waals surface area contributed by atoms with Gasteiger partial charge in [0.1, 0.15) is 0 Å². The Hall–Kier alpha value is -1.10. The molecule has 2 atom stereocenters. The molecular weight excluding hydrogens is 220 g/mol. The molecule has 0 heterocycles. The number of hydrogen-bond acceptors (Lipinski definition) is 3. The molecule has 17 heavy (non-hydrogen) atoms. The molecule has 0 saturated heterocycles. The van der Waals surface area contributed by atoms with Crippen molar-refractivity contribution in [1.82, 2.24) is 10.6 Å². The van der Waals surface area contributed by atoms with Gasteiger partial charge in [0, 0.05) is 6.54 Å². The van der Waals surface area contributed by atoms with Gasteiger partial charge in [-0.2, -0.15) is 0 Å². The summed E-state index contributed by atoms with van der Waals surface area (Å²) < 4.78 is 0. The van der Waals surface area contributed by atoms with Crippen LogP contribution in [-0.4, -0.2) is 36.6 Å². The van der Waals surface area contributed by atoms with Crippen molar-refractivity contribution >= 4 is 11.9 Å². The minimum absolute atomic E-state index is 0.0671. The summed E-state index contributed by atoms with van der Waals surface area (Å²) in [5.74, 6) is -1.58. The average Bonchev–Trinajstić information content (AvgIpc) is 2.20. The van der Waals surface area contributed by atoms with Crippen LogP contribution in [0.4, 0.5) is 0 Å². The minimum Gasteiger partial charge on any atom is -0.481 e. The van der Waals surface area contributed by atoms with Gasteiger partial charge in [-0.3, -0.25) is 9.59 Å². The molecule has 0 aromatic rings. The second-order valence-corrected chi connectivity index (χ2v) is 5.56. The lowest BCUT2D eigenvalue weighted by Gasteiger charge is -2.23. The zero-order valence-electron chi connectivity index (χ0n) is 11.3. The molecule has 0 aliphatic rings. The molecule has 100 valence electrons. The summed E-state index contributed by atoms with van der Waals surface area (Å²) in [4.78, 5) is 22.6. The van der Waals surface area contributed by atoms with Crippen LogP contribution in [0.1, 0.15) is 34.1 Å². The Morgan fingerprint density at radius 1 is 1.29 bits per heavy atom. The Balaban J connectivity index is 4.29. The molecule has 0 aromatic carbocycles. The largest absolute Gasteiger partial charge is 0.481 e. The molecule has 0 rings (SSSR count). The van der Waals surface area contributed by atoms with Crippen molar-refractivity contribution in [2.45, 2.75) is 40.2 Å². The Labute approximate surface area is 103 Å². The summed E-state index contributed by atoms with van der Waals surface area (Å²) in [5, 5.41) is 14.5. The van der Waals surface area contributed by atoms with Gasteiger partial charge in [0.2, 0.25) is 5.91 Å². The monoisotopic (exact) mass is 244 g/mol. The number of carboxylic acids is 1. The van der Waals surface area contributed by atoms with E-state index in [2.05, 4.69) is 10.6 Å². The molecule has 0 radical (unpaired) electrons. The number of hydrogen-bond donors (Lipinski definition) is 3. The maximum atomic E-state index is 11.5. The molecule has 0 fully saturated rings. The van der Waals surface area contributed by atoms with Gasteiger partial charge >= 0.3 is 5.97 Å². The smallest absolute Gasteiger partial charge is 0.308 e. The molecule has 0 saturated carbocycles. The van der Waals surface area contributed by atoms with Crippen LogP contribution in [0.25, 0.3) is 0 Å².